The van der Waals surface area contributed by atoms with E-state index in [9.17, 15) is 0 Å². The van der Waals surface area contributed by atoms with Crippen LogP contribution in [-0.4, -0.2) is 13.1 Å². The summed E-state index contributed by atoms with van der Waals surface area (Å²) in [5, 5.41) is 5.94. The molecule has 1 atom stereocenters. The Balaban J connectivity index is 2.24. The number of fused-ring (bicyclic) bond motifs is 1. The third kappa shape index (κ3) is 2.97. The lowest BCUT2D eigenvalue weighted by Crippen LogP contribution is -2.29. The van der Waals surface area contributed by atoms with Gasteiger partial charge in [-0.2, -0.15) is 0 Å². The van der Waals surface area contributed by atoms with Crippen LogP contribution in [-0.2, 0) is 0 Å². The number of nitrogens with two attached hydrogens (primary N) is 1. The summed E-state index contributed by atoms with van der Waals surface area (Å²) in [5.41, 5.74) is 8.20. The van der Waals surface area contributed by atoms with Crippen LogP contribution in [0.2, 0.25) is 0 Å². The zero-order valence-corrected chi connectivity index (χ0v) is 10.8. The summed E-state index contributed by atoms with van der Waals surface area (Å²) >= 11 is 0. The Morgan fingerprint density at radius 2 is 1.94 bits per heavy atom. The third-order valence-corrected chi connectivity index (χ3v) is 3.06. The van der Waals surface area contributed by atoms with Crippen molar-refractivity contribution in [2.45, 2.75) is 13.0 Å². The fraction of sp³-hybridized carbons (Fsp3) is 0.250. The molecule has 0 amide bonds. The van der Waals surface area contributed by atoms with E-state index in [1.165, 1.54) is 16.3 Å². The molecule has 3 N–H and O–H groups in total. The third-order valence-electron chi connectivity index (χ3n) is 3.06. The van der Waals surface area contributed by atoms with Crippen LogP contribution in [0.25, 0.3) is 10.8 Å². The van der Waals surface area contributed by atoms with Crippen molar-refractivity contribution in [1.29, 1.82) is 0 Å². The lowest BCUT2D eigenvalue weighted by Gasteiger charge is -2.18. The molecular formula is C16H20N2. The standard InChI is InChI=1S/C16H20N2/c1-12(2)11-18-16(10-17)15-8-7-13-5-3-4-6-14(13)9-15/h3-9,16,18H,1,10-11,17H2,2H3. The molecule has 0 aliphatic carbocycles. The molecule has 0 aromatic heterocycles. The van der Waals surface area contributed by atoms with Crippen molar-refractivity contribution in [2.75, 3.05) is 13.1 Å². The lowest BCUT2D eigenvalue weighted by atomic mass is 10.0. The molecule has 0 aliphatic heterocycles. The number of rotatable bonds is 5. The Kier molecular flexibility index (Phi) is 4.13. The second kappa shape index (κ2) is 5.80. The van der Waals surface area contributed by atoms with Crippen LogP contribution >= 0.6 is 0 Å². The minimum Gasteiger partial charge on any atom is -0.329 e. The molecule has 1 unspecified atom stereocenters. The molecule has 0 saturated carbocycles. The van der Waals surface area contributed by atoms with Crippen molar-refractivity contribution < 1.29 is 0 Å². The maximum atomic E-state index is 5.84. The summed E-state index contributed by atoms with van der Waals surface area (Å²) in [5.74, 6) is 0. The van der Waals surface area contributed by atoms with Gasteiger partial charge in [0.05, 0.1) is 0 Å². The van der Waals surface area contributed by atoms with E-state index in [0.29, 0.717) is 6.54 Å². The van der Waals surface area contributed by atoms with Crippen molar-refractivity contribution in [3.05, 3.63) is 60.2 Å². The van der Waals surface area contributed by atoms with E-state index >= 15 is 0 Å². The summed E-state index contributed by atoms with van der Waals surface area (Å²) in [4.78, 5) is 0. The Morgan fingerprint density at radius 1 is 1.22 bits per heavy atom. The first-order chi connectivity index (χ1) is 8.70. The summed E-state index contributed by atoms with van der Waals surface area (Å²) in [7, 11) is 0. The summed E-state index contributed by atoms with van der Waals surface area (Å²) in [6.45, 7) is 7.31. The lowest BCUT2D eigenvalue weighted by molar-refractivity contribution is 0.570. The van der Waals surface area contributed by atoms with Gasteiger partial charge in [0, 0.05) is 19.1 Å². The first-order valence-electron chi connectivity index (χ1n) is 6.27. The van der Waals surface area contributed by atoms with E-state index < -0.39 is 0 Å². The topological polar surface area (TPSA) is 38.0 Å². The minimum absolute atomic E-state index is 0.186. The number of hydrogen-bond donors (Lipinski definition) is 2. The predicted molar refractivity (Wildman–Crippen MR) is 78.6 cm³/mol. The highest BCUT2D eigenvalue weighted by atomic mass is 14.9. The fourth-order valence-electron chi connectivity index (χ4n) is 2.06. The molecule has 0 radical (unpaired) electrons. The van der Waals surface area contributed by atoms with E-state index in [4.69, 9.17) is 5.73 Å². The molecule has 0 aliphatic rings. The van der Waals surface area contributed by atoms with Crippen LogP contribution < -0.4 is 11.1 Å². The van der Waals surface area contributed by atoms with Crippen LogP contribution in [0.5, 0.6) is 0 Å². The van der Waals surface area contributed by atoms with E-state index in [-0.39, 0.29) is 6.04 Å². The van der Waals surface area contributed by atoms with Crippen molar-refractivity contribution >= 4 is 10.8 Å². The van der Waals surface area contributed by atoms with Crippen LogP contribution in [0, 0.1) is 0 Å². The molecule has 2 nitrogen and oxygen atoms in total. The molecule has 0 spiro atoms. The Labute approximate surface area is 109 Å². The molecule has 0 saturated heterocycles. The zero-order chi connectivity index (χ0) is 13.0. The molecule has 0 bridgehead atoms. The van der Waals surface area contributed by atoms with Gasteiger partial charge < -0.3 is 11.1 Å². The van der Waals surface area contributed by atoms with Gasteiger partial charge in [0.15, 0.2) is 0 Å². The molecule has 2 aromatic rings. The molecule has 0 fully saturated rings. The van der Waals surface area contributed by atoms with Gasteiger partial charge in [-0.25, -0.2) is 0 Å². The average molecular weight is 240 g/mol. The molecule has 94 valence electrons. The Bertz CT molecular complexity index is 546. The van der Waals surface area contributed by atoms with Gasteiger partial charge >= 0.3 is 0 Å². The second-order valence-electron chi connectivity index (χ2n) is 4.73. The summed E-state index contributed by atoms with van der Waals surface area (Å²) in [6.07, 6.45) is 0. The number of benzene rings is 2. The highest BCUT2D eigenvalue weighted by molar-refractivity contribution is 5.83. The molecule has 2 rings (SSSR count). The largest absolute Gasteiger partial charge is 0.329 e. The van der Waals surface area contributed by atoms with Gasteiger partial charge in [0.25, 0.3) is 0 Å². The molecule has 2 aromatic carbocycles. The van der Waals surface area contributed by atoms with Gasteiger partial charge in [0.1, 0.15) is 0 Å². The molecule has 0 heterocycles. The SMILES string of the molecule is C=C(C)CNC(CN)c1ccc2ccccc2c1. The first kappa shape index (κ1) is 12.8. The van der Waals surface area contributed by atoms with Crippen molar-refractivity contribution in [1.82, 2.24) is 5.32 Å². The molecule has 18 heavy (non-hydrogen) atoms. The van der Waals surface area contributed by atoms with Gasteiger partial charge in [-0.15, -0.1) is 0 Å². The number of nitrogens with one attached hydrogen (secondary N) is 1. The van der Waals surface area contributed by atoms with E-state index in [0.717, 1.165) is 12.1 Å². The van der Waals surface area contributed by atoms with Gasteiger partial charge in [-0.1, -0.05) is 48.6 Å². The van der Waals surface area contributed by atoms with Crippen molar-refractivity contribution in [2.24, 2.45) is 5.73 Å². The summed E-state index contributed by atoms with van der Waals surface area (Å²) in [6, 6.07) is 15.1. The Morgan fingerprint density at radius 3 is 2.61 bits per heavy atom. The van der Waals surface area contributed by atoms with Crippen molar-refractivity contribution in [3.63, 3.8) is 0 Å². The van der Waals surface area contributed by atoms with Crippen LogP contribution in [0.15, 0.2) is 54.6 Å². The average Bonchev–Trinajstić information content (AvgIpc) is 2.39. The van der Waals surface area contributed by atoms with Crippen LogP contribution in [0.3, 0.4) is 0 Å². The van der Waals surface area contributed by atoms with Crippen molar-refractivity contribution in [3.8, 4) is 0 Å². The minimum atomic E-state index is 0.186. The van der Waals surface area contributed by atoms with Crippen LogP contribution in [0.1, 0.15) is 18.5 Å². The maximum Gasteiger partial charge on any atom is 0.0447 e. The molecule has 2 heteroatoms. The fourth-order valence-corrected chi connectivity index (χ4v) is 2.06. The first-order valence-corrected chi connectivity index (χ1v) is 6.27. The second-order valence-corrected chi connectivity index (χ2v) is 4.73. The zero-order valence-electron chi connectivity index (χ0n) is 10.8. The quantitative estimate of drug-likeness (QED) is 0.788. The normalized spacial score (nSPS) is 12.6. The van der Waals surface area contributed by atoms with E-state index in [2.05, 4.69) is 54.4 Å². The number of hydrogen-bond acceptors (Lipinski definition) is 2. The van der Waals surface area contributed by atoms with Crippen LogP contribution in [0.4, 0.5) is 0 Å². The van der Waals surface area contributed by atoms with E-state index in [1.54, 1.807) is 0 Å². The highest BCUT2D eigenvalue weighted by Crippen LogP contribution is 2.20. The maximum absolute atomic E-state index is 5.84. The van der Waals surface area contributed by atoms with E-state index in [1.807, 2.05) is 6.92 Å². The van der Waals surface area contributed by atoms with Gasteiger partial charge in [-0.05, 0) is 29.3 Å². The van der Waals surface area contributed by atoms with Gasteiger partial charge in [-0.3, -0.25) is 0 Å². The predicted octanol–water partition coefficient (Wildman–Crippen LogP) is 3.01. The Hall–Kier alpha value is -1.64. The molecular weight excluding hydrogens is 220 g/mol. The smallest absolute Gasteiger partial charge is 0.0447 e. The monoisotopic (exact) mass is 240 g/mol. The van der Waals surface area contributed by atoms with Gasteiger partial charge in [0.2, 0.25) is 0 Å². The summed E-state index contributed by atoms with van der Waals surface area (Å²) < 4.78 is 0. The highest BCUT2D eigenvalue weighted by Gasteiger charge is 2.09.